The number of nitrogens with zero attached hydrogens (tertiary/aromatic N) is 3. The quantitative estimate of drug-likeness (QED) is 0.333. The number of benzene rings is 2. The molecule has 0 radical (unpaired) electrons. The Balaban J connectivity index is 0.000000892. The predicted octanol–water partition coefficient (Wildman–Crippen LogP) is 2.34. The van der Waals surface area contributed by atoms with E-state index in [1.54, 1.807) is 30.5 Å². The Bertz CT molecular complexity index is 1450. The van der Waals surface area contributed by atoms with Crippen molar-refractivity contribution in [3.05, 3.63) is 59.8 Å². The van der Waals surface area contributed by atoms with Gasteiger partial charge in [0.2, 0.25) is 0 Å². The van der Waals surface area contributed by atoms with Crippen molar-refractivity contribution >= 4 is 44.8 Å². The second-order valence-corrected chi connectivity index (χ2v) is 10.3. The second-order valence-electron chi connectivity index (χ2n) is 9.28. The maximum atomic E-state index is 12.7. The van der Waals surface area contributed by atoms with Crippen molar-refractivity contribution in [2.24, 2.45) is 5.41 Å². The molecule has 2 fully saturated rings. The summed E-state index contributed by atoms with van der Waals surface area (Å²) in [6, 6.07) is 13.2. The highest BCUT2D eigenvalue weighted by atomic mass is 32.1. The first-order valence-electron chi connectivity index (χ1n) is 11.9. The molecule has 0 aliphatic carbocycles. The molecule has 10 nitrogen and oxygen atoms in total. The number of aromatic nitrogens is 2. The number of hydrogen-bond donors (Lipinski definition) is 3. The number of nitrogens with one attached hydrogen (secondary N) is 2. The molecule has 2 aromatic heterocycles. The first-order chi connectivity index (χ1) is 17.9. The number of rotatable bonds is 6. The van der Waals surface area contributed by atoms with Gasteiger partial charge in [-0.1, -0.05) is 23.5 Å². The van der Waals surface area contributed by atoms with Crippen LogP contribution in [0.1, 0.15) is 20.7 Å². The van der Waals surface area contributed by atoms with Gasteiger partial charge in [0.15, 0.2) is 4.96 Å². The molecule has 2 aliphatic rings. The van der Waals surface area contributed by atoms with Gasteiger partial charge in [-0.05, 0) is 30.3 Å². The SMILES string of the molecule is CNC(=O)c1ccc(-c2cn3c(n2)sc2cc(C(=O)NCCN4CC5(COC5)C4)ccc23)cc1.O=CO. The first kappa shape index (κ1) is 24.9. The summed E-state index contributed by atoms with van der Waals surface area (Å²) in [4.78, 5) is 40.8. The summed E-state index contributed by atoms with van der Waals surface area (Å²) in [5.74, 6) is -0.159. The minimum atomic E-state index is -0.250. The van der Waals surface area contributed by atoms with Gasteiger partial charge in [0.05, 0.1) is 29.1 Å². The van der Waals surface area contributed by atoms with Crippen LogP contribution in [-0.4, -0.2) is 84.1 Å². The molecule has 0 saturated carbocycles. The maximum Gasteiger partial charge on any atom is 0.290 e. The fraction of sp³-hybridized carbons (Fsp3) is 0.308. The highest BCUT2D eigenvalue weighted by molar-refractivity contribution is 7.23. The van der Waals surface area contributed by atoms with Crippen molar-refractivity contribution in [1.82, 2.24) is 24.9 Å². The van der Waals surface area contributed by atoms with E-state index in [9.17, 15) is 9.59 Å². The molecule has 2 aromatic carbocycles. The van der Waals surface area contributed by atoms with Gasteiger partial charge >= 0.3 is 0 Å². The van der Waals surface area contributed by atoms with Crippen LogP contribution in [0.3, 0.4) is 0 Å². The third-order valence-corrected chi connectivity index (χ3v) is 7.69. The number of thiazole rings is 1. The van der Waals surface area contributed by atoms with Gasteiger partial charge in [-0.3, -0.25) is 18.8 Å². The van der Waals surface area contributed by atoms with E-state index in [0.29, 0.717) is 23.1 Å². The Morgan fingerprint density at radius 1 is 1.14 bits per heavy atom. The number of likely N-dealkylation sites (tertiary alicyclic amines) is 1. The number of carbonyl (C=O) groups excluding carboxylic acids is 2. The smallest absolute Gasteiger partial charge is 0.290 e. The van der Waals surface area contributed by atoms with E-state index in [4.69, 9.17) is 19.6 Å². The van der Waals surface area contributed by atoms with E-state index < -0.39 is 0 Å². The van der Waals surface area contributed by atoms with E-state index in [1.807, 2.05) is 40.9 Å². The lowest BCUT2D eigenvalue weighted by Gasteiger charge is -2.55. The van der Waals surface area contributed by atoms with Crippen molar-refractivity contribution < 1.29 is 24.2 Å². The van der Waals surface area contributed by atoms with Gasteiger partial charge in [-0.2, -0.15) is 0 Å². The molecule has 6 rings (SSSR count). The summed E-state index contributed by atoms with van der Waals surface area (Å²) >= 11 is 1.56. The lowest BCUT2D eigenvalue weighted by Crippen LogP contribution is -2.66. The third-order valence-electron chi connectivity index (χ3n) is 6.67. The molecule has 37 heavy (non-hydrogen) atoms. The van der Waals surface area contributed by atoms with Crippen LogP contribution in [0.2, 0.25) is 0 Å². The lowest BCUT2D eigenvalue weighted by atomic mass is 9.78. The molecule has 0 unspecified atom stereocenters. The number of amides is 2. The number of fused-ring (bicyclic) bond motifs is 3. The average Bonchev–Trinajstić information content (AvgIpc) is 3.42. The predicted molar refractivity (Wildman–Crippen MR) is 140 cm³/mol. The molecule has 192 valence electrons. The van der Waals surface area contributed by atoms with E-state index in [0.717, 1.165) is 59.3 Å². The van der Waals surface area contributed by atoms with Crippen LogP contribution in [0.4, 0.5) is 0 Å². The molecule has 3 N–H and O–H groups in total. The Morgan fingerprint density at radius 3 is 2.49 bits per heavy atom. The molecule has 2 amide bonds. The van der Waals surface area contributed by atoms with Crippen molar-refractivity contribution in [3.8, 4) is 11.3 Å². The van der Waals surface area contributed by atoms with Crippen LogP contribution in [0.25, 0.3) is 26.4 Å². The zero-order valence-corrected chi connectivity index (χ0v) is 21.1. The molecule has 2 saturated heterocycles. The van der Waals surface area contributed by atoms with Crippen molar-refractivity contribution in [2.45, 2.75) is 0 Å². The zero-order valence-electron chi connectivity index (χ0n) is 20.3. The van der Waals surface area contributed by atoms with Gasteiger partial charge in [0.1, 0.15) is 0 Å². The van der Waals surface area contributed by atoms with E-state index in [2.05, 4.69) is 15.5 Å². The minimum absolute atomic E-state index is 0.0490. The summed E-state index contributed by atoms with van der Waals surface area (Å²) < 4.78 is 8.38. The van der Waals surface area contributed by atoms with Crippen molar-refractivity contribution in [2.75, 3.05) is 46.4 Å². The molecule has 2 aliphatic heterocycles. The molecule has 0 bridgehead atoms. The molecule has 4 heterocycles. The van der Waals surface area contributed by atoms with Gasteiger partial charge in [-0.15, -0.1) is 0 Å². The standard InChI is InChI=1S/C25H25N5O3S.CH2O2/c1-26-22(31)17-4-2-16(3-5-17)19-11-30-20-7-6-18(10-21(20)34-24(30)28-19)23(32)27-8-9-29-12-25(13-29)14-33-15-25;2-1-3/h2-7,10-11H,8-9,12-15H2,1H3,(H,26,31)(H,27,32);1H,(H,2,3). The van der Waals surface area contributed by atoms with Crippen LogP contribution in [0, 0.1) is 5.41 Å². The summed E-state index contributed by atoms with van der Waals surface area (Å²) in [6.07, 6.45) is 2.00. The van der Waals surface area contributed by atoms with Crippen molar-refractivity contribution in [3.63, 3.8) is 0 Å². The average molecular weight is 522 g/mol. The van der Waals surface area contributed by atoms with E-state index in [1.165, 1.54) is 0 Å². The number of ether oxygens (including phenoxy) is 1. The molecule has 0 atom stereocenters. The van der Waals surface area contributed by atoms with Crippen LogP contribution < -0.4 is 10.6 Å². The summed E-state index contributed by atoms with van der Waals surface area (Å²) in [7, 11) is 1.62. The van der Waals surface area contributed by atoms with Gasteiger partial charge < -0.3 is 25.4 Å². The number of imidazole rings is 1. The third kappa shape index (κ3) is 4.93. The Morgan fingerprint density at radius 2 is 1.84 bits per heavy atom. The largest absolute Gasteiger partial charge is 0.483 e. The van der Waals surface area contributed by atoms with E-state index in [-0.39, 0.29) is 18.3 Å². The Labute approximate surface area is 216 Å². The highest BCUT2D eigenvalue weighted by Crippen LogP contribution is 2.37. The molecular formula is C26H27N5O5S. The van der Waals surface area contributed by atoms with Crippen LogP contribution >= 0.6 is 11.3 Å². The molecular weight excluding hydrogens is 494 g/mol. The molecule has 1 spiro atoms. The summed E-state index contributed by atoms with van der Waals surface area (Å²) in [5, 5.41) is 12.6. The maximum absolute atomic E-state index is 12.7. The van der Waals surface area contributed by atoms with Crippen LogP contribution in [-0.2, 0) is 9.53 Å². The lowest BCUT2D eigenvalue weighted by molar-refractivity contribution is -0.188. The van der Waals surface area contributed by atoms with E-state index >= 15 is 0 Å². The topological polar surface area (TPSA) is 125 Å². The summed E-state index contributed by atoms with van der Waals surface area (Å²) in [6.45, 7) is 5.17. The fourth-order valence-electron chi connectivity index (χ4n) is 4.78. The first-order valence-corrected chi connectivity index (χ1v) is 12.7. The fourth-order valence-corrected chi connectivity index (χ4v) is 5.83. The number of hydrogen-bond acceptors (Lipinski definition) is 7. The van der Waals surface area contributed by atoms with Crippen LogP contribution in [0.5, 0.6) is 0 Å². The Hall–Kier alpha value is -3.80. The minimum Gasteiger partial charge on any atom is -0.483 e. The monoisotopic (exact) mass is 521 g/mol. The number of carbonyl (C=O) groups is 3. The Kier molecular flexibility index (Phi) is 6.92. The van der Waals surface area contributed by atoms with Crippen molar-refractivity contribution in [1.29, 1.82) is 0 Å². The van der Waals surface area contributed by atoms with Gasteiger partial charge in [0, 0.05) is 61.5 Å². The molecule has 4 aromatic rings. The highest BCUT2D eigenvalue weighted by Gasteiger charge is 2.48. The molecule has 11 heteroatoms. The number of carboxylic acid groups (broad SMARTS) is 1. The zero-order chi connectivity index (χ0) is 26.0. The van der Waals surface area contributed by atoms with Crippen LogP contribution in [0.15, 0.2) is 48.7 Å². The van der Waals surface area contributed by atoms with Gasteiger partial charge in [-0.25, -0.2) is 4.98 Å². The second kappa shape index (κ2) is 10.3. The normalized spacial score (nSPS) is 15.9. The summed E-state index contributed by atoms with van der Waals surface area (Å²) in [5.41, 5.74) is 4.50. The van der Waals surface area contributed by atoms with Gasteiger partial charge in [0.25, 0.3) is 18.3 Å².